The summed E-state index contributed by atoms with van der Waals surface area (Å²) in [5, 5.41) is 10.8. The Morgan fingerprint density at radius 1 is 1.19 bits per heavy atom. The molecule has 0 spiro atoms. The quantitative estimate of drug-likeness (QED) is 0.283. The molecule has 0 fully saturated rings. The van der Waals surface area contributed by atoms with Gasteiger partial charge >= 0.3 is 0 Å². The van der Waals surface area contributed by atoms with E-state index in [2.05, 4.69) is 4.98 Å². The van der Waals surface area contributed by atoms with Gasteiger partial charge in [0.15, 0.2) is 21.6 Å². The van der Waals surface area contributed by atoms with Crippen LogP contribution in [-0.4, -0.2) is 34.7 Å². The molecule has 0 aliphatic carbocycles. The van der Waals surface area contributed by atoms with Gasteiger partial charge in [0, 0.05) is 17.7 Å². The number of fused-ring (bicyclic) bond motifs is 2. The zero-order chi connectivity index (χ0) is 18.1. The zero-order valence-electron chi connectivity index (χ0n) is 13.3. The summed E-state index contributed by atoms with van der Waals surface area (Å²) in [6.07, 6.45) is 0. The number of thiazole rings is 1. The van der Waals surface area contributed by atoms with Gasteiger partial charge in [0.05, 0.1) is 20.9 Å². The van der Waals surface area contributed by atoms with Crippen LogP contribution in [0.5, 0.6) is 11.5 Å². The van der Waals surface area contributed by atoms with Gasteiger partial charge in [0.1, 0.15) is 13.2 Å². The van der Waals surface area contributed by atoms with E-state index >= 15 is 0 Å². The molecule has 2 aromatic carbocycles. The van der Waals surface area contributed by atoms with Crippen molar-refractivity contribution in [2.24, 2.45) is 0 Å². The number of benzene rings is 2. The van der Waals surface area contributed by atoms with Gasteiger partial charge in [0.25, 0.3) is 5.69 Å². The number of nitro groups is 1. The minimum Gasteiger partial charge on any atom is -0.486 e. The molecule has 4 rings (SSSR count). The number of nitro benzene ring substituents is 1. The first kappa shape index (κ1) is 16.8. The summed E-state index contributed by atoms with van der Waals surface area (Å²) in [6.45, 7) is 0.975. The molecule has 9 heteroatoms. The summed E-state index contributed by atoms with van der Waals surface area (Å²) in [7, 11) is 0. The maximum atomic E-state index is 12.4. The number of carbonyl (C=O) groups is 1. The van der Waals surface area contributed by atoms with Gasteiger partial charge < -0.3 is 9.47 Å². The van der Waals surface area contributed by atoms with Crippen LogP contribution < -0.4 is 9.47 Å². The topological polar surface area (TPSA) is 91.6 Å². The van der Waals surface area contributed by atoms with Crippen molar-refractivity contribution in [1.82, 2.24) is 4.98 Å². The van der Waals surface area contributed by atoms with E-state index in [9.17, 15) is 14.9 Å². The summed E-state index contributed by atoms with van der Waals surface area (Å²) in [6, 6.07) is 9.73. The minimum absolute atomic E-state index is 0.00621. The molecular weight excluding hydrogens is 376 g/mol. The van der Waals surface area contributed by atoms with Gasteiger partial charge in [0.2, 0.25) is 0 Å². The molecule has 132 valence electrons. The Hall–Kier alpha value is -2.65. The molecule has 2 heterocycles. The number of ketones is 1. The fourth-order valence-corrected chi connectivity index (χ4v) is 4.44. The number of aromatic nitrogens is 1. The van der Waals surface area contributed by atoms with Gasteiger partial charge in [-0.05, 0) is 24.3 Å². The molecule has 1 aromatic heterocycles. The highest BCUT2D eigenvalue weighted by Crippen LogP contribution is 2.33. The SMILES string of the molecule is O=C(CSc1nc2cc([N+](=O)[O-])ccc2s1)c1ccc2c(c1)OCCO2. The van der Waals surface area contributed by atoms with E-state index in [1.165, 1.54) is 35.2 Å². The third kappa shape index (κ3) is 3.35. The van der Waals surface area contributed by atoms with Gasteiger partial charge in [-0.1, -0.05) is 11.8 Å². The van der Waals surface area contributed by atoms with Crippen LogP contribution in [0, 0.1) is 10.1 Å². The molecule has 0 saturated heterocycles. The molecule has 0 N–H and O–H groups in total. The van der Waals surface area contributed by atoms with Crippen LogP contribution in [0.1, 0.15) is 10.4 Å². The first-order valence-electron chi connectivity index (χ1n) is 7.71. The predicted octanol–water partition coefficient (Wildman–Crippen LogP) is 3.95. The van der Waals surface area contributed by atoms with Gasteiger partial charge in [-0.2, -0.15) is 0 Å². The number of ether oxygens (including phenoxy) is 2. The molecule has 7 nitrogen and oxygen atoms in total. The normalized spacial score (nSPS) is 12.9. The molecule has 0 unspecified atom stereocenters. The van der Waals surface area contributed by atoms with E-state index in [1.807, 2.05) is 0 Å². The van der Waals surface area contributed by atoms with E-state index in [0.717, 1.165) is 4.70 Å². The van der Waals surface area contributed by atoms with E-state index in [0.29, 0.717) is 40.1 Å². The van der Waals surface area contributed by atoms with Crippen molar-refractivity contribution in [3.05, 3.63) is 52.1 Å². The van der Waals surface area contributed by atoms with Crippen LogP contribution in [0.25, 0.3) is 10.2 Å². The first-order chi connectivity index (χ1) is 12.6. The number of hydrogen-bond acceptors (Lipinski definition) is 8. The third-order valence-electron chi connectivity index (χ3n) is 3.75. The highest BCUT2D eigenvalue weighted by Gasteiger charge is 2.16. The average molecular weight is 388 g/mol. The monoisotopic (exact) mass is 388 g/mol. The smallest absolute Gasteiger partial charge is 0.271 e. The van der Waals surface area contributed by atoms with Crippen LogP contribution in [0.4, 0.5) is 5.69 Å². The number of carbonyl (C=O) groups excluding carboxylic acids is 1. The largest absolute Gasteiger partial charge is 0.486 e. The third-order valence-corrected chi connectivity index (χ3v) is 5.93. The number of non-ortho nitro benzene ring substituents is 1. The Bertz CT molecular complexity index is 1020. The van der Waals surface area contributed by atoms with Crippen molar-refractivity contribution in [2.75, 3.05) is 19.0 Å². The van der Waals surface area contributed by atoms with Crippen molar-refractivity contribution in [1.29, 1.82) is 0 Å². The molecule has 0 amide bonds. The van der Waals surface area contributed by atoms with Gasteiger partial charge in [-0.3, -0.25) is 14.9 Å². The second-order valence-electron chi connectivity index (χ2n) is 5.46. The van der Waals surface area contributed by atoms with Crippen molar-refractivity contribution in [3.63, 3.8) is 0 Å². The zero-order valence-corrected chi connectivity index (χ0v) is 15.0. The number of nitrogens with zero attached hydrogens (tertiary/aromatic N) is 2. The van der Waals surface area contributed by atoms with E-state index < -0.39 is 4.92 Å². The van der Waals surface area contributed by atoms with E-state index in [-0.39, 0.29) is 17.2 Å². The van der Waals surface area contributed by atoms with E-state index in [4.69, 9.17) is 9.47 Å². The highest BCUT2D eigenvalue weighted by atomic mass is 32.2. The summed E-state index contributed by atoms with van der Waals surface area (Å²) < 4.78 is 12.5. The second-order valence-corrected chi connectivity index (χ2v) is 7.71. The van der Waals surface area contributed by atoms with Crippen molar-refractivity contribution < 1.29 is 19.2 Å². The maximum absolute atomic E-state index is 12.4. The molecule has 3 aromatic rings. The Morgan fingerprint density at radius 2 is 2.00 bits per heavy atom. The Balaban J connectivity index is 1.47. The van der Waals surface area contributed by atoms with E-state index in [1.54, 1.807) is 24.3 Å². The molecule has 0 radical (unpaired) electrons. The lowest BCUT2D eigenvalue weighted by atomic mass is 10.1. The number of thioether (sulfide) groups is 1. The maximum Gasteiger partial charge on any atom is 0.271 e. The molecule has 26 heavy (non-hydrogen) atoms. The van der Waals surface area contributed by atoms with Crippen LogP contribution in [0.3, 0.4) is 0 Å². The van der Waals surface area contributed by atoms with Crippen LogP contribution in [0.15, 0.2) is 40.7 Å². The number of hydrogen-bond donors (Lipinski definition) is 0. The summed E-state index contributed by atoms with van der Waals surface area (Å²) >= 11 is 2.73. The standard InChI is InChI=1S/C17H12N2O5S2/c20-13(10-1-3-14-15(7-10)24-6-5-23-14)9-25-17-18-12-8-11(19(21)22)2-4-16(12)26-17/h1-4,7-8H,5-6,9H2. The van der Waals surface area contributed by atoms with Gasteiger partial charge in [-0.15, -0.1) is 11.3 Å². The van der Waals surface area contributed by atoms with Crippen molar-refractivity contribution in [3.8, 4) is 11.5 Å². The molecule has 1 aliphatic heterocycles. The highest BCUT2D eigenvalue weighted by molar-refractivity contribution is 8.01. The summed E-state index contributed by atoms with van der Waals surface area (Å²) in [4.78, 5) is 27.2. The summed E-state index contributed by atoms with van der Waals surface area (Å²) in [5.74, 6) is 1.41. The molecule has 1 aliphatic rings. The second kappa shape index (κ2) is 6.93. The Labute approximate surface area is 156 Å². The van der Waals surface area contributed by atoms with Crippen molar-refractivity contribution >= 4 is 44.8 Å². The van der Waals surface area contributed by atoms with Crippen LogP contribution >= 0.6 is 23.1 Å². The molecule has 0 atom stereocenters. The molecular formula is C17H12N2O5S2. The van der Waals surface area contributed by atoms with Crippen molar-refractivity contribution in [2.45, 2.75) is 4.34 Å². The first-order valence-corrected chi connectivity index (χ1v) is 9.51. The lowest BCUT2D eigenvalue weighted by molar-refractivity contribution is -0.384. The van der Waals surface area contributed by atoms with Crippen LogP contribution in [-0.2, 0) is 0 Å². The lowest BCUT2D eigenvalue weighted by Gasteiger charge is -2.18. The van der Waals surface area contributed by atoms with Gasteiger partial charge in [-0.25, -0.2) is 4.98 Å². The Morgan fingerprint density at radius 3 is 2.81 bits per heavy atom. The number of Topliss-reactive ketones (excluding diaryl/α,β-unsaturated/α-hetero) is 1. The predicted molar refractivity (Wildman–Crippen MR) is 98.8 cm³/mol. The fourth-order valence-electron chi connectivity index (χ4n) is 2.50. The Kier molecular flexibility index (Phi) is 4.48. The van der Waals surface area contributed by atoms with Crippen LogP contribution in [0.2, 0.25) is 0 Å². The molecule has 0 bridgehead atoms. The fraction of sp³-hybridized carbons (Fsp3) is 0.176. The lowest BCUT2D eigenvalue weighted by Crippen LogP contribution is -2.16. The number of rotatable bonds is 5. The molecule has 0 saturated carbocycles. The summed E-state index contributed by atoms with van der Waals surface area (Å²) in [5.41, 5.74) is 1.13. The average Bonchev–Trinajstić information content (AvgIpc) is 3.07. The minimum atomic E-state index is -0.447.